The first-order valence-corrected chi connectivity index (χ1v) is 10.1. The smallest absolute Gasteiger partial charge is 0.265 e. The van der Waals surface area contributed by atoms with Crippen molar-refractivity contribution in [1.29, 1.82) is 0 Å². The molecule has 2 heterocycles. The van der Waals surface area contributed by atoms with Crippen molar-refractivity contribution < 1.29 is 4.42 Å². The van der Waals surface area contributed by atoms with Crippen molar-refractivity contribution in [2.75, 3.05) is 0 Å². The van der Waals surface area contributed by atoms with Crippen LogP contribution in [0.2, 0.25) is 0 Å². The van der Waals surface area contributed by atoms with Crippen LogP contribution in [-0.2, 0) is 12.1 Å². The van der Waals surface area contributed by atoms with E-state index in [1.165, 1.54) is 6.42 Å². The summed E-state index contributed by atoms with van der Waals surface area (Å²) in [7, 11) is 0. The molecule has 29 heavy (non-hydrogen) atoms. The second-order valence-corrected chi connectivity index (χ2v) is 7.78. The highest BCUT2D eigenvalue weighted by Crippen LogP contribution is 2.41. The van der Waals surface area contributed by atoms with Gasteiger partial charge >= 0.3 is 0 Å². The quantitative estimate of drug-likeness (QED) is 0.553. The van der Waals surface area contributed by atoms with Crippen LogP contribution < -0.4 is 11.3 Å². The highest BCUT2D eigenvalue weighted by molar-refractivity contribution is 5.99. The molecular formula is C24H23N3O2. The predicted octanol–water partition coefficient (Wildman–Crippen LogP) is 4.68. The SMILES string of the molecule is CCn1cnc2oc(-c3ccc(C4(N)CCC4)cc3)c(-c3ccccc3)c2c1=O. The van der Waals surface area contributed by atoms with Crippen molar-refractivity contribution in [1.82, 2.24) is 9.55 Å². The van der Waals surface area contributed by atoms with Crippen LogP contribution in [0.5, 0.6) is 0 Å². The van der Waals surface area contributed by atoms with E-state index in [0.717, 1.165) is 35.1 Å². The number of aryl methyl sites for hydroxylation is 1. The number of aromatic nitrogens is 2. The minimum atomic E-state index is -0.203. The second kappa shape index (κ2) is 6.71. The molecule has 0 radical (unpaired) electrons. The lowest BCUT2D eigenvalue weighted by Crippen LogP contribution is -2.43. The van der Waals surface area contributed by atoms with Gasteiger partial charge in [-0.25, -0.2) is 4.98 Å². The van der Waals surface area contributed by atoms with Gasteiger partial charge in [0.2, 0.25) is 5.71 Å². The first-order valence-electron chi connectivity index (χ1n) is 10.1. The molecule has 0 amide bonds. The average molecular weight is 385 g/mol. The summed E-state index contributed by atoms with van der Waals surface area (Å²) in [6.07, 6.45) is 4.76. The minimum absolute atomic E-state index is 0.0849. The van der Waals surface area contributed by atoms with Crippen LogP contribution in [0, 0.1) is 0 Å². The zero-order chi connectivity index (χ0) is 20.0. The number of nitrogens with two attached hydrogens (primary N) is 1. The van der Waals surface area contributed by atoms with E-state index < -0.39 is 0 Å². The Labute approximate surface area is 168 Å². The molecule has 2 aromatic heterocycles. The molecule has 0 spiro atoms. The molecule has 0 aliphatic heterocycles. The molecule has 5 heteroatoms. The number of rotatable bonds is 4. The second-order valence-electron chi connectivity index (χ2n) is 7.78. The summed E-state index contributed by atoms with van der Waals surface area (Å²) in [5.41, 5.74) is 10.3. The fourth-order valence-corrected chi connectivity index (χ4v) is 4.14. The predicted molar refractivity (Wildman–Crippen MR) is 115 cm³/mol. The highest BCUT2D eigenvalue weighted by atomic mass is 16.3. The Balaban J connectivity index is 1.73. The molecule has 1 fully saturated rings. The zero-order valence-corrected chi connectivity index (χ0v) is 16.4. The van der Waals surface area contributed by atoms with E-state index in [1.54, 1.807) is 10.9 Å². The van der Waals surface area contributed by atoms with E-state index in [-0.39, 0.29) is 11.1 Å². The van der Waals surface area contributed by atoms with Crippen LogP contribution in [0.25, 0.3) is 33.6 Å². The third-order valence-electron chi connectivity index (χ3n) is 6.05. The van der Waals surface area contributed by atoms with Crippen LogP contribution >= 0.6 is 0 Å². The molecule has 5 nitrogen and oxygen atoms in total. The Morgan fingerprint density at radius 1 is 1.07 bits per heavy atom. The Morgan fingerprint density at radius 3 is 2.41 bits per heavy atom. The maximum absolute atomic E-state index is 13.1. The van der Waals surface area contributed by atoms with Gasteiger partial charge in [0.15, 0.2) is 0 Å². The first-order chi connectivity index (χ1) is 14.1. The molecule has 1 aliphatic carbocycles. The summed E-state index contributed by atoms with van der Waals surface area (Å²) in [5.74, 6) is 0.663. The lowest BCUT2D eigenvalue weighted by molar-refractivity contribution is 0.253. The lowest BCUT2D eigenvalue weighted by Gasteiger charge is -2.38. The van der Waals surface area contributed by atoms with Gasteiger partial charge < -0.3 is 10.2 Å². The number of nitrogens with zero attached hydrogens (tertiary/aromatic N) is 2. The van der Waals surface area contributed by atoms with Crippen LogP contribution in [0.1, 0.15) is 31.7 Å². The summed E-state index contributed by atoms with van der Waals surface area (Å²) < 4.78 is 7.73. The largest absolute Gasteiger partial charge is 0.437 e. The fourth-order valence-electron chi connectivity index (χ4n) is 4.14. The Kier molecular flexibility index (Phi) is 4.14. The number of fused-ring (bicyclic) bond motifs is 1. The molecule has 2 aromatic carbocycles. The standard InChI is InChI=1S/C24H23N3O2/c1-2-27-15-26-22-20(23(27)28)19(16-7-4-3-5-8-16)21(29-22)17-9-11-18(12-10-17)24(25)13-6-14-24/h3-5,7-12,15H,2,6,13-14,25H2,1H3. The molecule has 0 saturated heterocycles. The van der Waals surface area contributed by atoms with Crippen LogP contribution in [0.15, 0.2) is 70.1 Å². The fraction of sp³-hybridized carbons (Fsp3) is 0.250. The summed E-state index contributed by atoms with van der Waals surface area (Å²) in [4.78, 5) is 17.5. The molecular weight excluding hydrogens is 362 g/mol. The minimum Gasteiger partial charge on any atom is -0.437 e. The maximum atomic E-state index is 13.1. The lowest BCUT2D eigenvalue weighted by atomic mass is 9.72. The van der Waals surface area contributed by atoms with E-state index in [1.807, 2.05) is 49.4 Å². The monoisotopic (exact) mass is 385 g/mol. The third-order valence-corrected chi connectivity index (χ3v) is 6.05. The van der Waals surface area contributed by atoms with Crippen LogP contribution in [0.4, 0.5) is 0 Å². The first kappa shape index (κ1) is 17.9. The summed E-state index contributed by atoms with van der Waals surface area (Å²) in [6.45, 7) is 2.49. The van der Waals surface area contributed by atoms with Gasteiger partial charge in [0, 0.05) is 23.2 Å². The Hall–Kier alpha value is -3.18. The van der Waals surface area contributed by atoms with Crippen molar-refractivity contribution in [3.8, 4) is 22.5 Å². The van der Waals surface area contributed by atoms with Gasteiger partial charge in [-0.1, -0.05) is 54.6 Å². The molecule has 5 rings (SSSR count). The van der Waals surface area contributed by atoms with Gasteiger partial charge in [0.1, 0.15) is 17.5 Å². The number of hydrogen-bond acceptors (Lipinski definition) is 4. The molecule has 0 bridgehead atoms. The van der Waals surface area contributed by atoms with E-state index >= 15 is 0 Å². The van der Waals surface area contributed by atoms with Gasteiger partial charge in [-0.2, -0.15) is 0 Å². The molecule has 4 aromatic rings. The Bertz CT molecular complexity index is 1230. The maximum Gasteiger partial charge on any atom is 0.265 e. The van der Waals surface area contributed by atoms with Crippen molar-refractivity contribution in [2.24, 2.45) is 5.73 Å². The van der Waals surface area contributed by atoms with Crippen molar-refractivity contribution in [2.45, 2.75) is 38.3 Å². The van der Waals surface area contributed by atoms with E-state index in [4.69, 9.17) is 10.2 Å². The van der Waals surface area contributed by atoms with E-state index in [9.17, 15) is 4.79 Å². The number of benzene rings is 2. The molecule has 0 unspecified atom stereocenters. The average Bonchev–Trinajstić information content (AvgIpc) is 3.13. The molecule has 1 aliphatic rings. The highest BCUT2D eigenvalue weighted by Gasteiger charge is 2.34. The molecule has 0 atom stereocenters. The third kappa shape index (κ3) is 2.81. The molecule has 1 saturated carbocycles. The van der Waals surface area contributed by atoms with Gasteiger partial charge in [0.25, 0.3) is 5.56 Å². The van der Waals surface area contributed by atoms with E-state index in [0.29, 0.717) is 23.4 Å². The van der Waals surface area contributed by atoms with Crippen molar-refractivity contribution in [3.05, 3.63) is 76.8 Å². The molecule has 2 N–H and O–H groups in total. The summed E-state index contributed by atoms with van der Waals surface area (Å²) in [5, 5.41) is 0.522. The number of hydrogen-bond donors (Lipinski definition) is 1. The van der Waals surface area contributed by atoms with Crippen LogP contribution in [0.3, 0.4) is 0 Å². The van der Waals surface area contributed by atoms with Crippen molar-refractivity contribution >= 4 is 11.1 Å². The molecule has 146 valence electrons. The van der Waals surface area contributed by atoms with Gasteiger partial charge in [-0.15, -0.1) is 0 Å². The van der Waals surface area contributed by atoms with Gasteiger partial charge in [0.05, 0.1) is 0 Å². The van der Waals surface area contributed by atoms with Crippen LogP contribution in [-0.4, -0.2) is 9.55 Å². The topological polar surface area (TPSA) is 74.1 Å². The zero-order valence-electron chi connectivity index (χ0n) is 16.4. The number of furan rings is 1. The van der Waals surface area contributed by atoms with Crippen molar-refractivity contribution in [3.63, 3.8) is 0 Å². The van der Waals surface area contributed by atoms with E-state index in [2.05, 4.69) is 17.1 Å². The Morgan fingerprint density at radius 2 is 1.79 bits per heavy atom. The summed E-state index contributed by atoms with van der Waals surface area (Å²) >= 11 is 0. The van der Waals surface area contributed by atoms with Gasteiger partial charge in [-0.05, 0) is 37.3 Å². The normalized spacial score (nSPS) is 15.4. The van der Waals surface area contributed by atoms with Gasteiger partial charge in [-0.3, -0.25) is 9.36 Å². The summed E-state index contributed by atoms with van der Waals surface area (Å²) in [6, 6.07) is 18.1.